The Morgan fingerprint density at radius 3 is 2.22 bits per heavy atom. The van der Waals surface area contributed by atoms with Gasteiger partial charge in [0, 0.05) is 5.69 Å². The first-order valence-electron chi connectivity index (χ1n) is 8.58. The van der Waals surface area contributed by atoms with E-state index in [1.807, 2.05) is 57.2 Å². The van der Waals surface area contributed by atoms with Gasteiger partial charge in [-0.3, -0.25) is 4.79 Å². The summed E-state index contributed by atoms with van der Waals surface area (Å²) in [6.45, 7) is 7.19. The number of ether oxygens (including phenoxy) is 1. The number of carbonyl (C=O) groups is 2. The lowest BCUT2D eigenvalue weighted by atomic mass is 10.1. The van der Waals surface area contributed by atoms with Crippen molar-refractivity contribution in [2.24, 2.45) is 0 Å². The van der Waals surface area contributed by atoms with Gasteiger partial charge in [-0.25, -0.2) is 4.79 Å². The van der Waals surface area contributed by atoms with Gasteiger partial charge in [0.2, 0.25) is 0 Å². The Balaban J connectivity index is 2.08. The van der Waals surface area contributed by atoms with Crippen LogP contribution in [0, 0.1) is 32.1 Å². The minimum atomic E-state index is -1.04. The van der Waals surface area contributed by atoms with Crippen molar-refractivity contribution in [1.82, 2.24) is 0 Å². The van der Waals surface area contributed by atoms with Crippen molar-refractivity contribution >= 4 is 23.6 Å². The molecule has 0 aliphatic heterocycles. The van der Waals surface area contributed by atoms with Crippen LogP contribution in [0.2, 0.25) is 0 Å². The minimum Gasteiger partial charge on any atom is -0.448 e. The van der Waals surface area contributed by atoms with Gasteiger partial charge in [0.25, 0.3) is 5.91 Å². The van der Waals surface area contributed by atoms with Crippen molar-refractivity contribution in [3.05, 3.63) is 70.3 Å². The molecule has 1 amide bonds. The molecule has 2 rings (SSSR count). The van der Waals surface area contributed by atoms with Gasteiger partial charge in [-0.15, -0.1) is 0 Å². The number of hydrogen-bond acceptors (Lipinski definition) is 4. The van der Waals surface area contributed by atoms with E-state index >= 15 is 0 Å². The first-order chi connectivity index (χ1) is 12.8. The van der Waals surface area contributed by atoms with Gasteiger partial charge in [0.1, 0.15) is 11.6 Å². The van der Waals surface area contributed by atoms with Gasteiger partial charge in [-0.05, 0) is 50.5 Å². The second-order valence-electron chi connectivity index (χ2n) is 6.38. The summed E-state index contributed by atoms with van der Waals surface area (Å²) in [6, 6.07) is 14.9. The van der Waals surface area contributed by atoms with Crippen LogP contribution >= 0.6 is 0 Å². The van der Waals surface area contributed by atoms with Crippen LogP contribution in [0.5, 0.6) is 0 Å². The number of nitrogens with one attached hydrogen (secondary N) is 1. The molecule has 1 N–H and O–H groups in total. The van der Waals surface area contributed by atoms with Crippen molar-refractivity contribution in [1.29, 1.82) is 5.26 Å². The lowest BCUT2D eigenvalue weighted by Crippen LogP contribution is -2.30. The van der Waals surface area contributed by atoms with Gasteiger partial charge < -0.3 is 10.1 Å². The lowest BCUT2D eigenvalue weighted by Gasteiger charge is -2.16. The van der Waals surface area contributed by atoms with E-state index < -0.39 is 18.0 Å². The Bertz CT molecular complexity index is 901. The van der Waals surface area contributed by atoms with Crippen molar-refractivity contribution in [2.75, 3.05) is 5.32 Å². The number of esters is 1. The number of nitrogens with zero attached hydrogens (tertiary/aromatic N) is 1. The average molecular weight is 362 g/mol. The molecule has 0 unspecified atom stereocenters. The molecular formula is C22H22N2O3. The highest BCUT2D eigenvalue weighted by atomic mass is 16.5. The van der Waals surface area contributed by atoms with Crippen LogP contribution in [-0.2, 0) is 14.3 Å². The van der Waals surface area contributed by atoms with Gasteiger partial charge in [-0.1, -0.05) is 48.0 Å². The molecular weight excluding hydrogens is 340 g/mol. The van der Waals surface area contributed by atoms with Crippen LogP contribution < -0.4 is 5.32 Å². The van der Waals surface area contributed by atoms with E-state index in [0.717, 1.165) is 16.7 Å². The SMILES string of the molecule is Cc1ccc(/C=C(\C#N)C(=O)O[C@@H](C)C(=O)Nc2c(C)cccc2C)cc1. The summed E-state index contributed by atoms with van der Waals surface area (Å²) in [4.78, 5) is 24.6. The second-order valence-corrected chi connectivity index (χ2v) is 6.38. The number of rotatable bonds is 5. The maximum absolute atomic E-state index is 12.4. The van der Waals surface area contributed by atoms with Crippen molar-refractivity contribution < 1.29 is 14.3 Å². The number of anilines is 1. The summed E-state index contributed by atoms with van der Waals surface area (Å²) in [5.74, 6) is -1.28. The summed E-state index contributed by atoms with van der Waals surface area (Å²) in [6.07, 6.45) is 0.406. The largest absolute Gasteiger partial charge is 0.448 e. The highest BCUT2D eigenvalue weighted by molar-refractivity contribution is 6.01. The second kappa shape index (κ2) is 8.81. The number of nitriles is 1. The maximum atomic E-state index is 12.4. The monoisotopic (exact) mass is 362 g/mol. The first kappa shape index (κ1) is 19.9. The zero-order chi connectivity index (χ0) is 20.0. The molecule has 0 saturated carbocycles. The highest BCUT2D eigenvalue weighted by Crippen LogP contribution is 2.20. The highest BCUT2D eigenvalue weighted by Gasteiger charge is 2.21. The van der Waals surface area contributed by atoms with E-state index in [0.29, 0.717) is 11.3 Å². The smallest absolute Gasteiger partial charge is 0.349 e. The zero-order valence-corrected chi connectivity index (χ0v) is 15.9. The molecule has 5 nitrogen and oxygen atoms in total. The van der Waals surface area contributed by atoms with E-state index in [1.54, 1.807) is 12.1 Å². The number of benzene rings is 2. The third-order valence-electron chi connectivity index (χ3n) is 4.11. The van der Waals surface area contributed by atoms with E-state index in [2.05, 4.69) is 5.32 Å². The Kier molecular flexibility index (Phi) is 6.51. The lowest BCUT2D eigenvalue weighted by molar-refractivity contribution is -0.148. The fourth-order valence-electron chi connectivity index (χ4n) is 2.48. The van der Waals surface area contributed by atoms with E-state index in [4.69, 9.17) is 4.74 Å². The van der Waals surface area contributed by atoms with E-state index in [9.17, 15) is 14.9 Å². The predicted octanol–water partition coefficient (Wildman–Crippen LogP) is 4.09. The van der Waals surface area contributed by atoms with Crippen LogP contribution in [0.15, 0.2) is 48.0 Å². The third-order valence-corrected chi connectivity index (χ3v) is 4.11. The molecule has 0 bridgehead atoms. The fourth-order valence-corrected chi connectivity index (χ4v) is 2.48. The number of para-hydroxylation sites is 1. The Labute approximate surface area is 159 Å². The molecule has 5 heteroatoms. The van der Waals surface area contributed by atoms with Crippen LogP contribution in [-0.4, -0.2) is 18.0 Å². The summed E-state index contributed by atoms with van der Waals surface area (Å²) >= 11 is 0. The van der Waals surface area contributed by atoms with Gasteiger partial charge in [0.15, 0.2) is 6.10 Å². The molecule has 0 saturated heterocycles. The minimum absolute atomic E-state index is 0.162. The summed E-state index contributed by atoms with van der Waals surface area (Å²) < 4.78 is 5.17. The van der Waals surface area contributed by atoms with Crippen molar-refractivity contribution in [3.8, 4) is 6.07 Å². The molecule has 0 aliphatic carbocycles. The zero-order valence-electron chi connectivity index (χ0n) is 15.9. The van der Waals surface area contributed by atoms with Crippen LogP contribution in [0.3, 0.4) is 0 Å². The topological polar surface area (TPSA) is 79.2 Å². The van der Waals surface area contributed by atoms with Crippen molar-refractivity contribution in [2.45, 2.75) is 33.8 Å². The molecule has 0 aromatic heterocycles. The summed E-state index contributed by atoms with van der Waals surface area (Å²) in [5.41, 5.74) is 4.15. The fraction of sp³-hybridized carbons (Fsp3) is 0.227. The summed E-state index contributed by atoms with van der Waals surface area (Å²) in [7, 11) is 0. The van der Waals surface area contributed by atoms with Crippen molar-refractivity contribution in [3.63, 3.8) is 0 Å². The Morgan fingerprint density at radius 1 is 1.07 bits per heavy atom. The number of amides is 1. The molecule has 0 heterocycles. The van der Waals surface area contributed by atoms with Crippen LogP contribution in [0.4, 0.5) is 5.69 Å². The van der Waals surface area contributed by atoms with Crippen LogP contribution in [0.25, 0.3) is 6.08 Å². The quantitative estimate of drug-likeness (QED) is 0.494. The Hall–Kier alpha value is -3.39. The van der Waals surface area contributed by atoms with E-state index in [-0.39, 0.29) is 5.57 Å². The molecule has 0 aliphatic rings. The molecule has 0 spiro atoms. The molecule has 138 valence electrons. The van der Waals surface area contributed by atoms with Gasteiger partial charge >= 0.3 is 5.97 Å². The molecule has 2 aromatic carbocycles. The molecule has 0 radical (unpaired) electrons. The molecule has 2 aromatic rings. The maximum Gasteiger partial charge on any atom is 0.349 e. The number of aryl methyl sites for hydroxylation is 3. The van der Waals surface area contributed by atoms with Gasteiger partial charge in [0.05, 0.1) is 0 Å². The van der Waals surface area contributed by atoms with Gasteiger partial charge in [-0.2, -0.15) is 5.26 Å². The molecule has 0 fully saturated rings. The number of carbonyl (C=O) groups excluding carboxylic acids is 2. The third kappa shape index (κ3) is 5.29. The molecule has 1 atom stereocenters. The first-order valence-corrected chi connectivity index (χ1v) is 8.58. The average Bonchev–Trinajstić information content (AvgIpc) is 2.64. The predicted molar refractivity (Wildman–Crippen MR) is 105 cm³/mol. The Morgan fingerprint density at radius 2 is 1.67 bits per heavy atom. The van der Waals surface area contributed by atoms with Crippen LogP contribution in [0.1, 0.15) is 29.2 Å². The number of hydrogen-bond donors (Lipinski definition) is 1. The van der Waals surface area contributed by atoms with E-state index in [1.165, 1.54) is 13.0 Å². The molecule has 27 heavy (non-hydrogen) atoms. The standard InChI is InChI=1S/C22H22N2O3/c1-14-8-10-18(11-9-14)12-19(13-23)22(26)27-17(4)21(25)24-20-15(2)6-5-7-16(20)3/h5-12,17H,1-4H3,(H,24,25)/b19-12+/t17-/m0/s1. The normalized spacial score (nSPS) is 12.0. The summed E-state index contributed by atoms with van der Waals surface area (Å²) in [5, 5.41) is 12.0.